The number of alkyl halides is 3. The fourth-order valence-corrected chi connectivity index (χ4v) is 3.00. The Labute approximate surface area is 141 Å². The van der Waals surface area contributed by atoms with Crippen LogP contribution in [0, 0.1) is 0 Å². The Bertz CT molecular complexity index is 596. The summed E-state index contributed by atoms with van der Waals surface area (Å²) in [4.78, 5) is 13.5. The molecule has 0 bridgehead atoms. The molecule has 0 radical (unpaired) electrons. The highest BCUT2D eigenvalue weighted by molar-refractivity contribution is 9.10. The number of nitrogens with zero attached hydrogens (tertiary/aromatic N) is 1. The van der Waals surface area contributed by atoms with Crippen molar-refractivity contribution in [1.82, 2.24) is 4.90 Å². The van der Waals surface area contributed by atoms with Crippen LogP contribution in [0.2, 0.25) is 0 Å². The number of benzene rings is 1. The normalized spacial score (nSPS) is 19.1. The van der Waals surface area contributed by atoms with E-state index in [4.69, 9.17) is 4.74 Å². The molecular weight excluding hydrogens is 375 g/mol. The minimum Gasteiger partial charge on any atom is -0.444 e. The molecule has 1 heterocycles. The van der Waals surface area contributed by atoms with Crippen molar-refractivity contribution in [3.8, 4) is 0 Å². The largest absolute Gasteiger partial charge is 0.444 e. The molecule has 1 aliphatic rings. The predicted octanol–water partition coefficient (Wildman–Crippen LogP) is 5.19. The summed E-state index contributed by atoms with van der Waals surface area (Å²) in [5, 5.41) is 0. The third kappa shape index (κ3) is 4.62. The van der Waals surface area contributed by atoms with Gasteiger partial charge in [0.25, 0.3) is 0 Å². The van der Waals surface area contributed by atoms with Crippen LogP contribution in [0.4, 0.5) is 18.0 Å². The maximum Gasteiger partial charge on any atom is 0.416 e. The third-order valence-corrected chi connectivity index (χ3v) is 4.09. The number of ether oxygens (including phenoxy) is 1. The summed E-state index contributed by atoms with van der Waals surface area (Å²) in [5.74, 6) is -0.341. The lowest BCUT2D eigenvalue weighted by Crippen LogP contribution is -2.35. The van der Waals surface area contributed by atoms with E-state index in [0.29, 0.717) is 17.4 Å². The van der Waals surface area contributed by atoms with E-state index >= 15 is 0 Å². The fraction of sp³-hybridized carbons (Fsp3) is 0.562. The summed E-state index contributed by atoms with van der Waals surface area (Å²) in [5.41, 5.74) is -1.04. The molecule has 1 aliphatic heterocycles. The topological polar surface area (TPSA) is 29.5 Å². The van der Waals surface area contributed by atoms with Gasteiger partial charge in [-0.2, -0.15) is 13.2 Å². The molecule has 128 valence electrons. The second-order valence-electron chi connectivity index (χ2n) is 6.64. The molecule has 1 aromatic rings. The van der Waals surface area contributed by atoms with Gasteiger partial charge < -0.3 is 9.64 Å². The van der Waals surface area contributed by atoms with Crippen LogP contribution in [0.5, 0.6) is 0 Å². The van der Waals surface area contributed by atoms with Crippen LogP contribution in [-0.2, 0) is 10.9 Å². The predicted molar refractivity (Wildman–Crippen MR) is 84.3 cm³/mol. The van der Waals surface area contributed by atoms with Crippen molar-refractivity contribution in [3.63, 3.8) is 0 Å². The molecule has 1 amide bonds. The molecule has 23 heavy (non-hydrogen) atoms. The van der Waals surface area contributed by atoms with Gasteiger partial charge in [0.1, 0.15) is 5.60 Å². The highest BCUT2D eigenvalue weighted by Crippen LogP contribution is 2.39. The first-order valence-electron chi connectivity index (χ1n) is 7.32. The highest BCUT2D eigenvalue weighted by atomic mass is 79.9. The van der Waals surface area contributed by atoms with Crippen LogP contribution < -0.4 is 0 Å². The summed E-state index contributed by atoms with van der Waals surface area (Å²) in [6.07, 6.45) is -4.41. The Hall–Kier alpha value is -1.24. The zero-order valence-electron chi connectivity index (χ0n) is 13.2. The number of halogens is 4. The van der Waals surface area contributed by atoms with E-state index in [9.17, 15) is 18.0 Å². The second-order valence-corrected chi connectivity index (χ2v) is 7.56. The van der Waals surface area contributed by atoms with Gasteiger partial charge in [-0.3, -0.25) is 0 Å². The summed E-state index contributed by atoms with van der Waals surface area (Å²) in [7, 11) is 0. The molecule has 1 fully saturated rings. The first kappa shape index (κ1) is 18.1. The van der Waals surface area contributed by atoms with E-state index in [1.54, 1.807) is 26.8 Å². The maximum atomic E-state index is 13.2. The number of hydrogen-bond acceptors (Lipinski definition) is 2. The monoisotopic (exact) mass is 393 g/mol. The van der Waals surface area contributed by atoms with Crippen LogP contribution in [0.3, 0.4) is 0 Å². The molecule has 0 saturated carbocycles. The van der Waals surface area contributed by atoms with E-state index in [1.807, 2.05) is 0 Å². The van der Waals surface area contributed by atoms with E-state index < -0.39 is 23.4 Å². The highest BCUT2D eigenvalue weighted by Gasteiger charge is 2.38. The number of amides is 1. The second kappa shape index (κ2) is 6.34. The molecule has 3 nitrogen and oxygen atoms in total. The van der Waals surface area contributed by atoms with Crippen molar-refractivity contribution in [3.05, 3.63) is 33.8 Å². The van der Waals surface area contributed by atoms with E-state index in [-0.39, 0.29) is 18.0 Å². The van der Waals surface area contributed by atoms with Gasteiger partial charge in [-0.15, -0.1) is 0 Å². The number of hydrogen-bond donors (Lipinski definition) is 0. The smallest absolute Gasteiger partial charge is 0.416 e. The average molecular weight is 394 g/mol. The molecule has 0 aromatic heterocycles. The van der Waals surface area contributed by atoms with Gasteiger partial charge in [0.15, 0.2) is 0 Å². The molecule has 2 rings (SSSR count). The number of rotatable bonds is 1. The Morgan fingerprint density at radius 2 is 1.96 bits per heavy atom. The SMILES string of the molecule is CC(C)(C)OC(=O)N1CCC(c2ccc(Br)cc2C(F)(F)F)C1. The Kier molecular flexibility index (Phi) is 4.99. The number of likely N-dealkylation sites (tertiary alicyclic amines) is 1. The van der Waals surface area contributed by atoms with Crippen molar-refractivity contribution in [2.45, 2.75) is 44.9 Å². The van der Waals surface area contributed by atoms with Gasteiger partial charge in [-0.05, 0) is 44.9 Å². The van der Waals surface area contributed by atoms with Crippen molar-refractivity contribution in [2.75, 3.05) is 13.1 Å². The van der Waals surface area contributed by atoms with Crippen LogP contribution >= 0.6 is 15.9 Å². The Balaban J connectivity index is 2.18. The van der Waals surface area contributed by atoms with Gasteiger partial charge in [-0.25, -0.2) is 4.79 Å². The lowest BCUT2D eigenvalue weighted by Gasteiger charge is -2.24. The molecule has 1 aromatic carbocycles. The van der Waals surface area contributed by atoms with Crippen LogP contribution in [0.15, 0.2) is 22.7 Å². The molecule has 1 unspecified atom stereocenters. The maximum absolute atomic E-state index is 13.2. The summed E-state index contributed by atoms with van der Waals surface area (Å²) in [6.45, 7) is 5.91. The summed E-state index contributed by atoms with van der Waals surface area (Å²) < 4.78 is 45.4. The van der Waals surface area contributed by atoms with Crippen LogP contribution in [0.1, 0.15) is 44.2 Å². The van der Waals surface area contributed by atoms with E-state index in [0.717, 1.165) is 6.07 Å². The Morgan fingerprint density at radius 3 is 2.52 bits per heavy atom. The fourth-order valence-electron chi connectivity index (χ4n) is 2.64. The number of carbonyl (C=O) groups is 1. The molecule has 0 N–H and O–H groups in total. The van der Waals surface area contributed by atoms with Gasteiger partial charge in [0.2, 0.25) is 0 Å². The van der Waals surface area contributed by atoms with Gasteiger partial charge >= 0.3 is 12.3 Å². The minimum absolute atomic E-state index is 0.228. The van der Waals surface area contributed by atoms with Crippen molar-refractivity contribution < 1.29 is 22.7 Å². The van der Waals surface area contributed by atoms with Crippen molar-refractivity contribution >= 4 is 22.0 Å². The van der Waals surface area contributed by atoms with Gasteiger partial charge in [0.05, 0.1) is 5.56 Å². The lowest BCUT2D eigenvalue weighted by atomic mass is 9.93. The lowest BCUT2D eigenvalue weighted by molar-refractivity contribution is -0.138. The zero-order valence-corrected chi connectivity index (χ0v) is 14.8. The first-order valence-corrected chi connectivity index (χ1v) is 8.11. The summed E-state index contributed by atoms with van der Waals surface area (Å²) in [6, 6.07) is 4.17. The standard InChI is InChI=1S/C16H19BrF3NO2/c1-15(2,3)23-14(22)21-7-6-10(9-21)12-5-4-11(17)8-13(12)16(18,19)20/h4-5,8,10H,6-7,9H2,1-3H3. The number of carbonyl (C=O) groups excluding carboxylic acids is 1. The van der Waals surface area contributed by atoms with E-state index in [2.05, 4.69) is 15.9 Å². The van der Waals surface area contributed by atoms with Crippen molar-refractivity contribution in [2.24, 2.45) is 0 Å². The molecular formula is C16H19BrF3NO2. The Morgan fingerprint density at radius 1 is 1.30 bits per heavy atom. The molecule has 0 spiro atoms. The van der Waals surface area contributed by atoms with Gasteiger partial charge in [-0.1, -0.05) is 22.0 Å². The molecule has 1 saturated heterocycles. The van der Waals surface area contributed by atoms with Crippen LogP contribution in [0.25, 0.3) is 0 Å². The van der Waals surface area contributed by atoms with Crippen LogP contribution in [-0.4, -0.2) is 29.7 Å². The van der Waals surface area contributed by atoms with E-state index in [1.165, 1.54) is 11.0 Å². The first-order chi connectivity index (χ1) is 10.5. The van der Waals surface area contributed by atoms with Crippen molar-refractivity contribution in [1.29, 1.82) is 0 Å². The third-order valence-electron chi connectivity index (χ3n) is 3.60. The molecule has 1 atom stereocenters. The zero-order chi connectivity index (χ0) is 17.4. The average Bonchev–Trinajstić information content (AvgIpc) is 2.85. The minimum atomic E-state index is -4.42. The molecule has 0 aliphatic carbocycles. The quantitative estimate of drug-likeness (QED) is 0.656. The summed E-state index contributed by atoms with van der Waals surface area (Å²) >= 11 is 3.08. The molecule has 7 heteroatoms. The van der Waals surface area contributed by atoms with Gasteiger partial charge in [0, 0.05) is 23.5 Å².